The van der Waals surface area contributed by atoms with Crippen LogP contribution in [0.15, 0.2) is 54.6 Å². The fourth-order valence-corrected chi connectivity index (χ4v) is 2.60. The SMILES string of the molecule is CCOC(=O)CN(C)CCC(Oc1ccccc1)c1ccc(Cl)cc1. The number of carbonyl (C=O) groups excluding carboxylic acids is 1. The quantitative estimate of drug-likeness (QED) is 0.622. The molecule has 0 aliphatic heterocycles. The van der Waals surface area contributed by atoms with Gasteiger partial charge in [-0.2, -0.15) is 0 Å². The molecule has 5 heteroatoms. The van der Waals surface area contributed by atoms with Crippen molar-refractivity contribution in [1.29, 1.82) is 0 Å². The number of hydrogen-bond donors (Lipinski definition) is 0. The molecule has 0 saturated heterocycles. The summed E-state index contributed by atoms with van der Waals surface area (Å²) in [5.41, 5.74) is 1.05. The smallest absolute Gasteiger partial charge is 0.320 e. The second-order valence-electron chi connectivity index (χ2n) is 5.80. The van der Waals surface area contributed by atoms with Gasteiger partial charge in [0.05, 0.1) is 13.2 Å². The Kier molecular flexibility index (Phi) is 7.76. The maximum atomic E-state index is 11.6. The number of likely N-dealkylation sites (N-methyl/N-ethyl adjacent to an activating group) is 1. The maximum Gasteiger partial charge on any atom is 0.320 e. The fourth-order valence-electron chi connectivity index (χ4n) is 2.48. The predicted octanol–water partition coefficient (Wildman–Crippen LogP) is 4.35. The Bertz CT molecular complexity index is 646. The van der Waals surface area contributed by atoms with Crippen LogP contribution in [0.1, 0.15) is 25.0 Å². The summed E-state index contributed by atoms with van der Waals surface area (Å²) >= 11 is 5.99. The predicted molar refractivity (Wildman–Crippen MR) is 100 cm³/mol. The van der Waals surface area contributed by atoms with E-state index >= 15 is 0 Å². The number of rotatable bonds is 9. The van der Waals surface area contributed by atoms with Gasteiger partial charge in [0, 0.05) is 18.0 Å². The van der Waals surface area contributed by atoms with Crippen LogP contribution in [0.3, 0.4) is 0 Å². The molecule has 0 amide bonds. The molecule has 2 aromatic carbocycles. The Morgan fingerprint density at radius 1 is 1.12 bits per heavy atom. The largest absolute Gasteiger partial charge is 0.486 e. The second-order valence-corrected chi connectivity index (χ2v) is 6.24. The lowest BCUT2D eigenvalue weighted by atomic mass is 10.1. The van der Waals surface area contributed by atoms with Crippen molar-refractivity contribution in [1.82, 2.24) is 4.90 Å². The van der Waals surface area contributed by atoms with E-state index in [1.165, 1.54) is 0 Å². The van der Waals surface area contributed by atoms with Crippen LogP contribution in [0.2, 0.25) is 5.02 Å². The van der Waals surface area contributed by atoms with Gasteiger partial charge in [-0.15, -0.1) is 0 Å². The molecule has 1 atom stereocenters. The molecular weight excluding hydrogens is 338 g/mol. The average Bonchev–Trinajstić information content (AvgIpc) is 2.60. The van der Waals surface area contributed by atoms with E-state index in [0.717, 1.165) is 17.7 Å². The van der Waals surface area contributed by atoms with Crippen LogP contribution in [-0.4, -0.2) is 37.6 Å². The normalized spacial score (nSPS) is 12.0. The molecule has 2 aromatic rings. The van der Waals surface area contributed by atoms with Crippen LogP contribution in [-0.2, 0) is 9.53 Å². The van der Waals surface area contributed by atoms with Gasteiger partial charge < -0.3 is 9.47 Å². The highest BCUT2D eigenvalue weighted by atomic mass is 35.5. The number of hydrogen-bond acceptors (Lipinski definition) is 4. The molecule has 4 nitrogen and oxygen atoms in total. The van der Waals surface area contributed by atoms with Crippen molar-refractivity contribution >= 4 is 17.6 Å². The first-order valence-electron chi connectivity index (χ1n) is 8.40. The molecular formula is C20H24ClNO3. The third kappa shape index (κ3) is 6.77. The molecule has 0 heterocycles. The molecule has 25 heavy (non-hydrogen) atoms. The number of carbonyl (C=O) groups is 1. The van der Waals surface area contributed by atoms with Crippen molar-refractivity contribution in [3.63, 3.8) is 0 Å². The average molecular weight is 362 g/mol. The molecule has 134 valence electrons. The lowest BCUT2D eigenvalue weighted by Gasteiger charge is -2.23. The molecule has 0 bridgehead atoms. The Hall–Kier alpha value is -2.04. The van der Waals surface area contributed by atoms with E-state index < -0.39 is 0 Å². The van der Waals surface area contributed by atoms with E-state index in [1.807, 2.05) is 73.5 Å². The van der Waals surface area contributed by atoms with Crippen LogP contribution < -0.4 is 4.74 Å². The van der Waals surface area contributed by atoms with Gasteiger partial charge in [-0.05, 0) is 43.8 Å². The van der Waals surface area contributed by atoms with Crippen molar-refractivity contribution in [2.45, 2.75) is 19.4 Å². The van der Waals surface area contributed by atoms with Crippen LogP contribution in [0.25, 0.3) is 0 Å². The van der Waals surface area contributed by atoms with Crippen LogP contribution >= 0.6 is 11.6 Å². The summed E-state index contributed by atoms with van der Waals surface area (Å²) < 4.78 is 11.1. The van der Waals surface area contributed by atoms with Gasteiger partial charge in [-0.3, -0.25) is 9.69 Å². The van der Waals surface area contributed by atoms with E-state index in [9.17, 15) is 4.79 Å². The Morgan fingerprint density at radius 3 is 2.44 bits per heavy atom. The minimum absolute atomic E-state index is 0.121. The van der Waals surface area contributed by atoms with Crippen LogP contribution in [0.4, 0.5) is 0 Å². The summed E-state index contributed by atoms with van der Waals surface area (Å²) in [4.78, 5) is 13.5. The van der Waals surface area contributed by atoms with Crippen molar-refractivity contribution in [2.75, 3.05) is 26.7 Å². The third-order valence-electron chi connectivity index (χ3n) is 3.74. The number of ether oxygens (including phenoxy) is 2. The zero-order valence-corrected chi connectivity index (χ0v) is 15.4. The number of para-hydroxylation sites is 1. The summed E-state index contributed by atoms with van der Waals surface area (Å²) in [7, 11) is 1.90. The summed E-state index contributed by atoms with van der Waals surface area (Å²) in [5, 5.41) is 0.696. The number of esters is 1. The first kappa shape index (κ1) is 19.3. The van der Waals surface area contributed by atoms with E-state index in [0.29, 0.717) is 18.2 Å². The van der Waals surface area contributed by atoms with Crippen LogP contribution in [0, 0.1) is 0 Å². The Labute approximate surface area is 154 Å². The summed E-state index contributed by atoms with van der Waals surface area (Å²) in [6.45, 7) is 3.19. The van der Waals surface area contributed by atoms with E-state index in [1.54, 1.807) is 0 Å². The highest BCUT2D eigenvalue weighted by molar-refractivity contribution is 6.30. The lowest BCUT2D eigenvalue weighted by Crippen LogP contribution is -2.29. The highest BCUT2D eigenvalue weighted by Gasteiger charge is 2.16. The Morgan fingerprint density at radius 2 is 1.80 bits per heavy atom. The lowest BCUT2D eigenvalue weighted by molar-refractivity contribution is -0.144. The van der Waals surface area contributed by atoms with Crippen molar-refractivity contribution in [2.24, 2.45) is 0 Å². The van der Waals surface area contributed by atoms with Gasteiger partial charge in [0.25, 0.3) is 0 Å². The molecule has 0 aliphatic rings. The molecule has 0 fully saturated rings. The Balaban J connectivity index is 2.01. The number of nitrogens with zero attached hydrogens (tertiary/aromatic N) is 1. The molecule has 0 N–H and O–H groups in total. The number of benzene rings is 2. The second kappa shape index (κ2) is 10.1. The van der Waals surface area contributed by atoms with Gasteiger partial charge in [-0.1, -0.05) is 41.9 Å². The van der Waals surface area contributed by atoms with Crippen LogP contribution in [0.5, 0.6) is 5.75 Å². The van der Waals surface area contributed by atoms with Crippen molar-refractivity contribution < 1.29 is 14.3 Å². The van der Waals surface area contributed by atoms with Gasteiger partial charge in [-0.25, -0.2) is 0 Å². The third-order valence-corrected chi connectivity index (χ3v) is 3.99. The summed E-state index contributed by atoms with van der Waals surface area (Å²) in [6.07, 6.45) is 0.621. The minimum atomic E-state index is -0.211. The molecule has 1 unspecified atom stereocenters. The standard InChI is InChI=1S/C20H24ClNO3/c1-3-24-20(23)15-22(2)14-13-19(16-9-11-17(21)12-10-16)25-18-7-5-4-6-8-18/h4-12,19H,3,13-15H2,1-2H3. The van der Waals surface area contributed by atoms with Gasteiger partial charge in [0.15, 0.2) is 0 Å². The maximum absolute atomic E-state index is 11.6. The molecule has 0 aromatic heterocycles. The van der Waals surface area contributed by atoms with Gasteiger partial charge in [0.2, 0.25) is 0 Å². The topological polar surface area (TPSA) is 38.8 Å². The minimum Gasteiger partial charge on any atom is -0.486 e. The molecule has 2 rings (SSSR count). The van der Waals surface area contributed by atoms with E-state index in [2.05, 4.69) is 0 Å². The number of halogens is 1. The summed E-state index contributed by atoms with van der Waals surface area (Å²) in [6, 6.07) is 17.4. The van der Waals surface area contributed by atoms with E-state index in [-0.39, 0.29) is 18.6 Å². The monoisotopic (exact) mass is 361 g/mol. The van der Waals surface area contributed by atoms with Gasteiger partial charge in [0.1, 0.15) is 11.9 Å². The molecule has 0 saturated carbocycles. The molecule has 0 radical (unpaired) electrons. The van der Waals surface area contributed by atoms with Crippen molar-refractivity contribution in [3.8, 4) is 5.75 Å². The van der Waals surface area contributed by atoms with E-state index in [4.69, 9.17) is 21.1 Å². The molecule has 0 aliphatic carbocycles. The molecule has 0 spiro atoms. The van der Waals surface area contributed by atoms with Crippen molar-refractivity contribution in [3.05, 3.63) is 65.2 Å². The highest BCUT2D eigenvalue weighted by Crippen LogP contribution is 2.26. The zero-order chi connectivity index (χ0) is 18.1. The first-order chi connectivity index (χ1) is 12.1. The first-order valence-corrected chi connectivity index (χ1v) is 8.77. The zero-order valence-electron chi connectivity index (χ0n) is 14.7. The fraction of sp³-hybridized carbons (Fsp3) is 0.350. The summed E-state index contributed by atoms with van der Waals surface area (Å²) in [5.74, 6) is 0.604. The van der Waals surface area contributed by atoms with Gasteiger partial charge >= 0.3 is 5.97 Å².